The first-order chi connectivity index (χ1) is 5.70. The minimum absolute atomic E-state index is 0.340. The predicted molar refractivity (Wildman–Crippen MR) is 42.3 cm³/mol. The molecule has 0 N–H and O–H groups in total. The highest BCUT2D eigenvalue weighted by Gasteiger charge is 2.25. The van der Waals surface area contributed by atoms with Crippen molar-refractivity contribution in [2.24, 2.45) is 0 Å². The topological polar surface area (TPSA) is 37.4 Å². The van der Waals surface area contributed by atoms with Crippen LogP contribution in [0.3, 0.4) is 0 Å². The van der Waals surface area contributed by atoms with Crippen LogP contribution >= 0.6 is 0 Å². The van der Waals surface area contributed by atoms with Crippen LogP contribution in [-0.4, -0.2) is 16.7 Å². The van der Waals surface area contributed by atoms with Gasteiger partial charge in [0.1, 0.15) is 0 Å². The number of hydrogen-bond acceptors (Lipinski definition) is 2. The smallest absolute Gasteiger partial charge is 0.260 e. The highest BCUT2D eigenvalue weighted by atomic mass is 16.2. The van der Waals surface area contributed by atoms with Gasteiger partial charge in [0.25, 0.3) is 11.8 Å². The zero-order chi connectivity index (χ0) is 8.72. The van der Waals surface area contributed by atoms with E-state index in [-0.39, 0.29) is 11.8 Å². The molecule has 1 aliphatic rings. The fraction of sp³-hybridized carbons (Fsp3) is 0. The van der Waals surface area contributed by atoms with Crippen LogP contribution in [0.4, 0.5) is 0 Å². The van der Waals surface area contributed by atoms with Gasteiger partial charge in [-0.25, -0.2) is 0 Å². The van der Waals surface area contributed by atoms with Crippen LogP contribution in [0.5, 0.6) is 0 Å². The van der Waals surface area contributed by atoms with Gasteiger partial charge in [-0.1, -0.05) is 6.07 Å². The Balaban J connectivity index is 2.66. The van der Waals surface area contributed by atoms with E-state index in [0.29, 0.717) is 11.1 Å². The highest BCUT2D eigenvalue weighted by Crippen LogP contribution is 2.16. The summed E-state index contributed by atoms with van der Waals surface area (Å²) < 4.78 is 0. The Hall–Kier alpha value is -1.64. The molecule has 2 bridgehead atoms. The number of amides is 2. The van der Waals surface area contributed by atoms with E-state index in [4.69, 9.17) is 0 Å². The van der Waals surface area contributed by atoms with Crippen molar-refractivity contribution in [2.45, 2.75) is 0 Å². The molecule has 0 aliphatic carbocycles. The first kappa shape index (κ1) is 7.03. The predicted octanol–water partition coefficient (Wildman–Crippen LogP) is 1.07. The lowest BCUT2D eigenvalue weighted by molar-refractivity contribution is 0.0670. The van der Waals surface area contributed by atoms with Crippen LogP contribution in [0.2, 0.25) is 0 Å². The zero-order valence-corrected chi connectivity index (χ0v) is 6.28. The van der Waals surface area contributed by atoms with Crippen molar-refractivity contribution in [3.8, 4) is 0 Å². The molecule has 59 valence electrons. The molecule has 0 spiro atoms. The molecule has 1 aromatic rings. The van der Waals surface area contributed by atoms with Crippen molar-refractivity contribution in [2.75, 3.05) is 0 Å². The second-order valence-electron chi connectivity index (χ2n) is 2.62. The van der Waals surface area contributed by atoms with E-state index in [0.717, 1.165) is 4.90 Å². The first-order valence-electron chi connectivity index (χ1n) is 3.49. The molecule has 0 aromatic heterocycles. The van der Waals surface area contributed by atoms with Crippen LogP contribution in [0.25, 0.3) is 0 Å². The fourth-order valence-electron chi connectivity index (χ4n) is 1.19. The molecule has 3 heteroatoms. The van der Waals surface area contributed by atoms with Crippen molar-refractivity contribution >= 4 is 11.8 Å². The third-order valence-electron chi connectivity index (χ3n) is 1.85. The van der Waals surface area contributed by atoms with Crippen LogP contribution in [-0.2, 0) is 0 Å². The number of imide groups is 1. The van der Waals surface area contributed by atoms with Crippen LogP contribution in [0.15, 0.2) is 24.3 Å². The van der Waals surface area contributed by atoms with Gasteiger partial charge in [0, 0.05) is 18.2 Å². The van der Waals surface area contributed by atoms with E-state index in [1.807, 2.05) is 0 Å². The van der Waals surface area contributed by atoms with Crippen molar-refractivity contribution in [1.29, 1.82) is 0 Å². The molecular formula is C9H6NO2. The standard InChI is InChI=1S/C9H6NO2/c1-10-8(11)6-3-2-4-7(5-6)9(10)12/h2-5H,1H2. The maximum atomic E-state index is 11.2. The van der Waals surface area contributed by atoms with E-state index in [2.05, 4.69) is 7.05 Å². The Morgan fingerprint density at radius 3 is 2.08 bits per heavy atom. The van der Waals surface area contributed by atoms with Gasteiger partial charge in [-0.15, -0.1) is 0 Å². The SMILES string of the molecule is [CH2]N1C(=O)c2cccc(c2)C1=O. The number of fused-ring (bicyclic) bond motifs is 2. The average Bonchev–Trinajstić information content (AvgIpc) is 2.13. The van der Waals surface area contributed by atoms with E-state index in [9.17, 15) is 9.59 Å². The van der Waals surface area contributed by atoms with Gasteiger partial charge in [-0.3, -0.25) is 14.5 Å². The molecule has 3 nitrogen and oxygen atoms in total. The lowest BCUT2D eigenvalue weighted by atomic mass is 10.0. The van der Waals surface area contributed by atoms with Gasteiger partial charge in [0.15, 0.2) is 0 Å². The van der Waals surface area contributed by atoms with Crippen LogP contribution in [0.1, 0.15) is 20.7 Å². The number of carbonyl (C=O) groups is 2. The van der Waals surface area contributed by atoms with Crippen molar-refractivity contribution < 1.29 is 9.59 Å². The Morgan fingerprint density at radius 1 is 1.08 bits per heavy atom. The molecule has 0 saturated carbocycles. The lowest BCUT2D eigenvalue weighted by Crippen LogP contribution is -2.34. The number of carbonyl (C=O) groups excluding carboxylic acids is 2. The van der Waals surface area contributed by atoms with E-state index in [1.165, 1.54) is 0 Å². The zero-order valence-electron chi connectivity index (χ0n) is 6.28. The minimum Gasteiger partial charge on any atom is -0.273 e. The molecule has 1 radical (unpaired) electrons. The summed E-state index contributed by atoms with van der Waals surface area (Å²) in [5.41, 5.74) is 1.03. The molecule has 0 saturated heterocycles. The molecule has 12 heavy (non-hydrogen) atoms. The minimum atomic E-state index is -0.340. The van der Waals surface area contributed by atoms with Gasteiger partial charge in [0.05, 0.1) is 0 Å². The summed E-state index contributed by atoms with van der Waals surface area (Å²) >= 11 is 0. The van der Waals surface area contributed by atoms with Crippen LogP contribution < -0.4 is 0 Å². The summed E-state index contributed by atoms with van der Waals surface area (Å²) in [5, 5.41) is 0. The summed E-state index contributed by atoms with van der Waals surface area (Å²) in [5.74, 6) is -0.679. The summed E-state index contributed by atoms with van der Waals surface area (Å²) in [6.07, 6.45) is 0. The fourth-order valence-corrected chi connectivity index (χ4v) is 1.19. The Morgan fingerprint density at radius 2 is 1.58 bits per heavy atom. The second-order valence-corrected chi connectivity index (χ2v) is 2.62. The first-order valence-corrected chi connectivity index (χ1v) is 3.49. The summed E-state index contributed by atoms with van der Waals surface area (Å²) in [4.78, 5) is 23.4. The molecule has 1 heterocycles. The van der Waals surface area contributed by atoms with Gasteiger partial charge < -0.3 is 0 Å². The maximum Gasteiger partial charge on any atom is 0.260 e. The summed E-state index contributed by atoms with van der Waals surface area (Å²) in [7, 11) is 3.36. The molecular weight excluding hydrogens is 154 g/mol. The number of rotatable bonds is 0. The van der Waals surface area contributed by atoms with Gasteiger partial charge in [-0.2, -0.15) is 0 Å². The molecule has 2 rings (SSSR count). The lowest BCUT2D eigenvalue weighted by Gasteiger charge is -2.20. The van der Waals surface area contributed by atoms with Crippen molar-refractivity contribution in [3.05, 3.63) is 42.4 Å². The van der Waals surface area contributed by atoms with Crippen molar-refractivity contribution in [3.63, 3.8) is 0 Å². The third kappa shape index (κ3) is 0.763. The number of benzene rings is 1. The van der Waals surface area contributed by atoms with Gasteiger partial charge in [-0.05, 0) is 18.2 Å². The maximum absolute atomic E-state index is 11.2. The Bertz CT molecular complexity index is 339. The molecule has 0 fully saturated rings. The van der Waals surface area contributed by atoms with E-state index < -0.39 is 0 Å². The molecule has 1 aromatic carbocycles. The van der Waals surface area contributed by atoms with E-state index in [1.54, 1.807) is 24.3 Å². The molecule has 0 unspecified atom stereocenters. The molecule has 2 amide bonds. The average molecular weight is 160 g/mol. The Labute approximate surface area is 69.6 Å². The Kier molecular flexibility index (Phi) is 1.27. The molecule has 0 atom stereocenters. The second kappa shape index (κ2) is 2.17. The number of nitrogens with zero attached hydrogens (tertiary/aromatic N) is 1. The van der Waals surface area contributed by atoms with Gasteiger partial charge >= 0.3 is 0 Å². The summed E-state index contributed by atoms with van der Waals surface area (Å²) in [6.45, 7) is 0. The monoisotopic (exact) mass is 160 g/mol. The molecule has 1 aliphatic heterocycles. The quantitative estimate of drug-likeness (QED) is 0.532. The van der Waals surface area contributed by atoms with Crippen LogP contribution in [0, 0.1) is 7.05 Å². The summed E-state index contributed by atoms with van der Waals surface area (Å²) in [6, 6.07) is 6.59. The number of hydrogen-bond donors (Lipinski definition) is 0. The van der Waals surface area contributed by atoms with E-state index >= 15 is 0 Å². The largest absolute Gasteiger partial charge is 0.273 e. The normalized spacial score (nSPS) is 15.2. The third-order valence-corrected chi connectivity index (χ3v) is 1.85. The highest BCUT2D eigenvalue weighted by molar-refractivity contribution is 6.14. The van der Waals surface area contributed by atoms with Gasteiger partial charge in [0.2, 0.25) is 0 Å². The van der Waals surface area contributed by atoms with Crippen molar-refractivity contribution in [1.82, 2.24) is 4.90 Å².